The lowest BCUT2D eigenvalue weighted by Crippen LogP contribution is -2.41. The molecule has 0 bridgehead atoms. The van der Waals surface area contributed by atoms with Gasteiger partial charge in [-0.25, -0.2) is 9.97 Å². The maximum Gasteiger partial charge on any atom is 0.278 e. The first-order valence-electron chi connectivity index (χ1n) is 9.11. The molecule has 0 N–H and O–H groups in total. The Kier molecular flexibility index (Phi) is 3.30. The van der Waals surface area contributed by atoms with E-state index in [1.54, 1.807) is 12.4 Å². The summed E-state index contributed by atoms with van der Waals surface area (Å²) < 4.78 is 5.61. The summed E-state index contributed by atoms with van der Waals surface area (Å²) in [5.74, 6) is 1.10. The van der Waals surface area contributed by atoms with Crippen LogP contribution in [0.1, 0.15) is 48.2 Å². The summed E-state index contributed by atoms with van der Waals surface area (Å²) in [7, 11) is 0. The molecule has 0 radical (unpaired) electrons. The molecule has 0 unspecified atom stereocenters. The number of ether oxygens (including phenoxy) is 1. The van der Waals surface area contributed by atoms with Crippen LogP contribution >= 0.6 is 0 Å². The summed E-state index contributed by atoms with van der Waals surface area (Å²) >= 11 is 0. The van der Waals surface area contributed by atoms with Gasteiger partial charge in [-0.3, -0.25) is 4.79 Å². The number of aromatic nitrogens is 2. The highest BCUT2D eigenvalue weighted by atomic mass is 16.5. The third kappa shape index (κ3) is 2.49. The van der Waals surface area contributed by atoms with Crippen LogP contribution in [0.2, 0.25) is 0 Å². The number of amides is 1. The molecule has 0 atom stereocenters. The van der Waals surface area contributed by atoms with E-state index >= 15 is 0 Å². The van der Waals surface area contributed by atoms with Crippen molar-refractivity contribution in [3.05, 3.63) is 47.9 Å². The molecule has 2 aliphatic carbocycles. The number of anilines is 1. The Morgan fingerprint density at radius 2 is 2.04 bits per heavy atom. The van der Waals surface area contributed by atoms with Crippen molar-refractivity contribution in [2.45, 2.75) is 37.5 Å². The van der Waals surface area contributed by atoms with Gasteiger partial charge in [0.15, 0.2) is 0 Å². The number of benzene rings is 1. The summed E-state index contributed by atoms with van der Waals surface area (Å²) in [6.45, 7) is 1.46. The number of hydrogen-bond donors (Lipinski definition) is 0. The van der Waals surface area contributed by atoms with Crippen LogP contribution in [0.5, 0.6) is 5.88 Å². The zero-order chi connectivity index (χ0) is 16.9. The fourth-order valence-corrected chi connectivity index (χ4v) is 3.97. The quantitative estimate of drug-likeness (QED) is 0.860. The smallest absolute Gasteiger partial charge is 0.278 e. The van der Waals surface area contributed by atoms with Crippen molar-refractivity contribution in [3.63, 3.8) is 0 Å². The molecular weight excluding hydrogens is 314 g/mol. The first-order chi connectivity index (χ1) is 12.3. The molecule has 1 aliphatic heterocycles. The number of rotatable bonds is 4. The Morgan fingerprint density at radius 3 is 2.72 bits per heavy atom. The molecule has 2 heterocycles. The monoisotopic (exact) mass is 335 g/mol. The standard InChI is InChI=1S/C20H21N3O2/c24-19(16-10-22-18(11-21-16)25-12-14-6-7-14)23-13-20(8-3-9-20)15-4-1-2-5-17(15)23/h1-2,4-5,10-11,14H,3,6-9,12-13H2. The molecule has 1 amide bonds. The van der Waals surface area contributed by atoms with Crippen molar-refractivity contribution in [2.24, 2.45) is 5.92 Å². The lowest BCUT2D eigenvalue weighted by molar-refractivity contribution is 0.0973. The zero-order valence-electron chi connectivity index (χ0n) is 14.1. The summed E-state index contributed by atoms with van der Waals surface area (Å²) in [6.07, 6.45) is 9.14. The molecule has 2 saturated carbocycles. The van der Waals surface area contributed by atoms with E-state index in [0.717, 1.165) is 25.1 Å². The number of nitrogens with zero attached hydrogens (tertiary/aromatic N) is 3. The van der Waals surface area contributed by atoms with Crippen LogP contribution in [-0.2, 0) is 5.41 Å². The zero-order valence-corrected chi connectivity index (χ0v) is 14.1. The first kappa shape index (κ1) is 14.9. The van der Waals surface area contributed by atoms with E-state index < -0.39 is 0 Å². The highest BCUT2D eigenvalue weighted by Crippen LogP contribution is 2.52. The number of carbonyl (C=O) groups excluding carboxylic acids is 1. The normalized spacial score (nSPS) is 20.2. The van der Waals surface area contributed by atoms with Crippen molar-refractivity contribution in [2.75, 3.05) is 18.1 Å². The van der Waals surface area contributed by atoms with E-state index in [-0.39, 0.29) is 11.3 Å². The van der Waals surface area contributed by atoms with Crippen molar-refractivity contribution in [3.8, 4) is 5.88 Å². The molecule has 5 rings (SSSR count). The second-order valence-electron chi connectivity index (χ2n) is 7.54. The minimum Gasteiger partial charge on any atom is -0.476 e. The van der Waals surface area contributed by atoms with Crippen LogP contribution in [-0.4, -0.2) is 29.0 Å². The summed E-state index contributed by atoms with van der Waals surface area (Å²) in [5.41, 5.74) is 2.88. The third-order valence-electron chi connectivity index (χ3n) is 5.79. The van der Waals surface area contributed by atoms with Crippen LogP contribution in [0.4, 0.5) is 5.69 Å². The Labute approximate surface area is 147 Å². The molecule has 25 heavy (non-hydrogen) atoms. The van der Waals surface area contributed by atoms with E-state index in [1.807, 2.05) is 17.0 Å². The fraction of sp³-hybridized carbons (Fsp3) is 0.450. The van der Waals surface area contributed by atoms with Crippen molar-refractivity contribution < 1.29 is 9.53 Å². The van der Waals surface area contributed by atoms with Crippen molar-refractivity contribution >= 4 is 11.6 Å². The van der Waals surface area contributed by atoms with Crippen molar-refractivity contribution in [1.29, 1.82) is 0 Å². The number of para-hydroxylation sites is 1. The van der Waals surface area contributed by atoms with Crippen LogP contribution in [0, 0.1) is 5.92 Å². The predicted molar refractivity (Wildman–Crippen MR) is 93.9 cm³/mol. The highest BCUT2D eigenvalue weighted by molar-refractivity contribution is 6.06. The lowest BCUT2D eigenvalue weighted by Gasteiger charge is -2.38. The van der Waals surface area contributed by atoms with Crippen LogP contribution in [0.3, 0.4) is 0 Å². The molecule has 2 fully saturated rings. The third-order valence-corrected chi connectivity index (χ3v) is 5.79. The van der Waals surface area contributed by atoms with Gasteiger partial charge in [-0.2, -0.15) is 0 Å². The molecule has 128 valence electrons. The van der Waals surface area contributed by atoms with E-state index in [9.17, 15) is 4.79 Å². The molecule has 3 aliphatic rings. The Hall–Kier alpha value is -2.43. The molecule has 5 nitrogen and oxygen atoms in total. The summed E-state index contributed by atoms with van der Waals surface area (Å²) in [6, 6.07) is 8.28. The van der Waals surface area contributed by atoms with Gasteiger partial charge in [-0.15, -0.1) is 0 Å². The van der Waals surface area contributed by atoms with E-state index in [1.165, 1.54) is 24.8 Å². The molecule has 0 saturated heterocycles. The minimum atomic E-state index is -0.0718. The lowest BCUT2D eigenvalue weighted by atomic mass is 9.66. The number of carbonyl (C=O) groups is 1. The van der Waals surface area contributed by atoms with E-state index in [4.69, 9.17) is 4.74 Å². The number of fused-ring (bicyclic) bond motifs is 2. The van der Waals surface area contributed by atoms with Gasteiger partial charge in [0, 0.05) is 17.6 Å². The van der Waals surface area contributed by atoms with Crippen LogP contribution in [0.15, 0.2) is 36.7 Å². The second kappa shape index (κ2) is 5.55. The Balaban J connectivity index is 1.37. The van der Waals surface area contributed by atoms with Gasteiger partial charge in [-0.05, 0) is 43.2 Å². The molecular formula is C20H21N3O2. The Bertz CT molecular complexity index is 810. The first-order valence-corrected chi connectivity index (χ1v) is 9.11. The van der Waals surface area contributed by atoms with E-state index in [0.29, 0.717) is 24.1 Å². The number of hydrogen-bond acceptors (Lipinski definition) is 4. The Morgan fingerprint density at radius 1 is 1.20 bits per heavy atom. The molecule has 5 heteroatoms. The second-order valence-corrected chi connectivity index (χ2v) is 7.54. The fourth-order valence-electron chi connectivity index (χ4n) is 3.97. The molecule has 1 aromatic carbocycles. The maximum absolute atomic E-state index is 13.0. The highest BCUT2D eigenvalue weighted by Gasteiger charge is 2.48. The van der Waals surface area contributed by atoms with Gasteiger partial charge in [0.1, 0.15) is 5.69 Å². The van der Waals surface area contributed by atoms with Crippen molar-refractivity contribution in [1.82, 2.24) is 9.97 Å². The van der Waals surface area contributed by atoms with Gasteiger partial charge in [0.2, 0.25) is 5.88 Å². The van der Waals surface area contributed by atoms with Gasteiger partial charge in [0.05, 0.1) is 19.0 Å². The van der Waals surface area contributed by atoms with E-state index in [2.05, 4.69) is 22.1 Å². The minimum absolute atomic E-state index is 0.0718. The van der Waals surface area contributed by atoms with Crippen LogP contribution < -0.4 is 9.64 Å². The van der Waals surface area contributed by atoms with Gasteiger partial charge < -0.3 is 9.64 Å². The SMILES string of the molecule is O=C(c1cnc(OCC2CC2)cn1)N1CC2(CCC2)c2ccccc21. The topological polar surface area (TPSA) is 55.3 Å². The average molecular weight is 335 g/mol. The summed E-state index contributed by atoms with van der Waals surface area (Å²) in [5, 5.41) is 0. The largest absolute Gasteiger partial charge is 0.476 e. The molecule has 1 aromatic heterocycles. The average Bonchev–Trinajstić information content (AvgIpc) is 3.38. The molecule has 1 spiro atoms. The van der Waals surface area contributed by atoms with Crippen LogP contribution in [0.25, 0.3) is 0 Å². The maximum atomic E-state index is 13.0. The van der Waals surface area contributed by atoms with Gasteiger partial charge in [-0.1, -0.05) is 24.6 Å². The molecule has 2 aromatic rings. The van der Waals surface area contributed by atoms with Gasteiger partial charge in [0.25, 0.3) is 5.91 Å². The predicted octanol–water partition coefficient (Wildman–Crippen LogP) is 3.35. The summed E-state index contributed by atoms with van der Waals surface area (Å²) in [4.78, 5) is 23.5. The van der Waals surface area contributed by atoms with Gasteiger partial charge >= 0.3 is 0 Å².